The van der Waals surface area contributed by atoms with Gasteiger partial charge in [-0.25, -0.2) is 9.97 Å². The van der Waals surface area contributed by atoms with Crippen molar-refractivity contribution < 1.29 is 0 Å². The number of aromatic nitrogens is 2. The number of anilines is 1. The highest BCUT2D eigenvalue weighted by molar-refractivity contribution is 5.19. The van der Waals surface area contributed by atoms with Gasteiger partial charge in [0, 0.05) is 24.0 Å². The smallest absolute Gasteiger partial charge is 0.219 e. The van der Waals surface area contributed by atoms with E-state index in [4.69, 9.17) is 5.73 Å². The van der Waals surface area contributed by atoms with E-state index in [1.807, 2.05) is 14.1 Å². The van der Waals surface area contributed by atoms with E-state index < -0.39 is 0 Å². The van der Waals surface area contributed by atoms with Crippen LogP contribution in [0.15, 0.2) is 12.4 Å². The molecule has 0 bridgehead atoms. The number of nitrogens with zero attached hydrogens (tertiary/aromatic N) is 3. The van der Waals surface area contributed by atoms with Crippen LogP contribution in [0.3, 0.4) is 0 Å². The first-order valence-electron chi connectivity index (χ1n) is 4.39. The normalized spacial score (nSPS) is 13.2. The van der Waals surface area contributed by atoms with Crippen LogP contribution in [-0.4, -0.2) is 29.0 Å². The Morgan fingerprint density at radius 3 is 2.31 bits per heavy atom. The minimum absolute atomic E-state index is 0.331. The molecule has 1 aromatic rings. The van der Waals surface area contributed by atoms with Gasteiger partial charge in [0.25, 0.3) is 0 Å². The first kappa shape index (κ1) is 9.92. The van der Waals surface area contributed by atoms with Crippen molar-refractivity contribution >= 4 is 5.95 Å². The average Bonchev–Trinajstić information content (AvgIpc) is 2.09. The van der Waals surface area contributed by atoms with Crippen molar-refractivity contribution in [3.05, 3.63) is 18.0 Å². The average molecular weight is 180 g/mol. The van der Waals surface area contributed by atoms with Crippen molar-refractivity contribution in [2.45, 2.75) is 19.4 Å². The van der Waals surface area contributed by atoms with Gasteiger partial charge in [-0.3, -0.25) is 0 Å². The number of hydrogen-bond acceptors (Lipinski definition) is 4. The fraction of sp³-hybridized carbons (Fsp3) is 0.556. The van der Waals surface area contributed by atoms with Gasteiger partial charge in [0.15, 0.2) is 0 Å². The lowest BCUT2D eigenvalue weighted by Gasteiger charge is -2.22. The Morgan fingerprint density at radius 1 is 1.38 bits per heavy atom. The predicted octanol–water partition coefficient (Wildman–Crippen LogP) is 1.07. The molecule has 0 spiro atoms. The molecule has 0 aliphatic heterocycles. The minimum atomic E-state index is 0.331. The van der Waals surface area contributed by atoms with Crippen molar-refractivity contribution in [3.8, 4) is 0 Å². The standard InChI is InChI=1S/C9H16N4/c1-4-8(13(2)3)7-5-11-9(10)12-6-7/h5-6,8H,4H2,1-3H3,(H2,10,11,12). The Labute approximate surface area is 78.8 Å². The van der Waals surface area contributed by atoms with Crippen LogP contribution in [0.25, 0.3) is 0 Å². The molecule has 1 atom stereocenters. The molecular weight excluding hydrogens is 164 g/mol. The Bertz CT molecular complexity index is 255. The molecule has 4 nitrogen and oxygen atoms in total. The Kier molecular flexibility index (Phi) is 3.19. The zero-order valence-electron chi connectivity index (χ0n) is 8.36. The summed E-state index contributed by atoms with van der Waals surface area (Å²) in [6, 6.07) is 0.376. The summed E-state index contributed by atoms with van der Waals surface area (Å²) in [7, 11) is 4.09. The van der Waals surface area contributed by atoms with Gasteiger partial charge in [-0.1, -0.05) is 6.92 Å². The predicted molar refractivity (Wildman–Crippen MR) is 53.2 cm³/mol. The van der Waals surface area contributed by atoms with Gasteiger partial charge in [0.1, 0.15) is 0 Å². The first-order chi connectivity index (χ1) is 6.15. The molecule has 1 aromatic heterocycles. The van der Waals surface area contributed by atoms with Gasteiger partial charge >= 0.3 is 0 Å². The van der Waals surface area contributed by atoms with E-state index in [1.165, 1.54) is 0 Å². The summed E-state index contributed by atoms with van der Waals surface area (Å²) in [4.78, 5) is 10.1. The van der Waals surface area contributed by atoms with Crippen LogP contribution < -0.4 is 5.73 Å². The van der Waals surface area contributed by atoms with Crippen molar-refractivity contribution in [3.63, 3.8) is 0 Å². The molecule has 0 radical (unpaired) electrons. The molecular formula is C9H16N4. The minimum Gasteiger partial charge on any atom is -0.368 e. The Balaban J connectivity index is 2.86. The molecule has 0 aromatic carbocycles. The Morgan fingerprint density at radius 2 is 1.92 bits per heavy atom. The van der Waals surface area contributed by atoms with E-state index in [9.17, 15) is 0 Å². The number of nitrogen functional groups attached to an aromatic ring is 1. The first-order valence-corrected chi connectivity index (χ1v) is 4.39. The quantitative estimate of drug-likeness (QED) is 0.756. The van der Waals surface area contributed by atoms with Crippen molar-refractivity contribution in [1.29, 1.82) is 0 Å². The third-order valence-corrected chi connectivity index (χ3v) is 2.09. The lowest BCUT2D eigenvalue weighted by Crippen LogP contribution is -2.19. The molecule has 0 fully saturated rings. The molecule has 0 aliphatic carbocycles. The van der Waals surface area contributed by atoms with E-state index in [2.05, 4.69) is 21.8 Å². The van der Waals surface area contributed by atoms with Crippen LogP contribution in [0.2, 0.25) is 0 Å². The largest absolute Gasteiger partial charge is 0.368 e. The second-order valence-electron chi connectivity index (χ2n) is 3.26. The summed E-state index contributed by atoms with van der Waals surface area (Å²) in [5.41, 5.74) is 6.52. The van der Waals surface area contributed by atoms with Gasteiger partial charge in [0.05, 0.1) is 0 Å². The van der Waals surface area contributed by atoms with Crippen LogP contribution in [0.1, 0.15) is 24.9 Å². The van der Waals surface area contributed by atoms with Crippen molar-refractivity contribution in [2.24, 2.45) is 0 Å². The van der Waals surface area contributed by atoms with Crippen molar-refractivity contribution in [1.82, 2.24) is 14.9 Å². The van der Waals surface area contributed by atoms with E-state index in [0.29, 0.717) is 12.0 Å². The van der Waals surface area contributed by atoms with Crippen LogP contribution in [-0.2, 0) is 0 Å². The van der Waals surface area contributed by atoms with E-state index in [0.717, 1.165) is 12.0 Å². The van der Waals surface area contributed by atoms with Gasteiger partial charge in [0.2, 0.25) is 5.95 Å². The summed E-state index contributed by atoms with van der Waals surface area (Å²) in [6.07, 6.45) is 4.62. The van der Waals surface area contributed by atoms with Crippen molar-refractivity contribution in [2.75, 3.05) is 19.8 Å². The van der Waals surface area contributed by atoms with Gasteiger partial charge in [-0.05, 0) is 20.5 Å². The fourth-order valence-corrected chi connectivity index (χ4v) is 1.42. The molecule has 4 heteroatoms. The second kappa shape index (κ2) is 4.18. The number of hydrogen-bond donors (Lipinski definition) is 1. The van der Waals surface area contributed by atoms with Crippen LogP contribution in [0.5, 0.6) is 0 Å². The Hall–Kier alpha value is -1.16. The zero-order valence-corrected chi connectivity index (χ0v) is 8.36. The fourth-order valence-electron chi connectivity index (χ4n) is 1.42. The van der Waals surface area contributed by atoms with Gasteiger partial charge in [-0.15, -0.1) is 0 Å². The highest BCUT2D eigenvalue weighted by Gasteiger charge is 2.11. The summed E-state index contributed by atoms with van der Waals surface area (Å²) >= 11 is 0. The van der Waals surface area contributed by atoms with Crippen LogP contribution >= 0.6 is 0 Å². The van der Waals surface area contributed by atoms with Gasteiger partial charge < -0.3 is 10.6 Å². The molecule has 2 N–H and O–H groups in total. The molecule has 72 valence electrons. The maximum absolute atomic E-state index is 5.41. The maximum atomic E-state index is 5.41. The lowest BCUT2D eigenvalue weighted by atomic mass is 10.1. The molecule has 0 aliphatic rings. The molecule has 0 amide bonds. The number of rotatable bonds is 3. The third kappa shape index (κ3) is 2.39. The molecule has 1 unspecified atom stereocenters. The second-order valence-corrected chi connectivity index (χ2v) is 3.26. The summed E-state index contributed by atoms with van der Waals surface area (Å²) < 4.78 is 0. The van der Waals surface area contributed by atoms with E-state index in [-0.39, 0.29) is 0 Å². The lowest BCUT2D eigenvalue weighted by molar-refractivity contribution is 0.291. The van der Waals surface area contributed by atoms with Crippen LogP contribution in [0, 0.1) is 0 Å². The monoisotopic (exact) mass is 180 g/mol. The maximum Gasteiger partial charge on any atom is 0.219 e. The number of nitrogens with two attached hydrogens (primary N) is 1. The molecule has 1 heterocycles. The van der Waals surface area contributed by atoms with Gasteiger partial charge in [-0.2, -0.15) is 0 Å². The molecule has 0 saturated heterocycles. The highest BCUT2D eigenvalue weighted by Crippen LogP contribution is 2.19. The molecule has 1 rings (SSSR count). The topological polar surface area (TPSA) is 55.0 Å². The SMILES string of the molecule is CCC(c1cnc(N)nc1)N(C)C. The summed E-state index contributed by atoms with van der Waals surface area (Å²) in [5, 5.41) is 0. The summed E-state index contributed by atoms with van der Waals surface area (Å²) in [5.74, 6) is 0.331. The molecule has 0 saturated carbocycles. The zero-order chi connectivity index (χ0) is 9.84. The highest BCUT2D eigenvalue weighted by atomic mass is 15.1. The summed E-state index contributed by atoms with van der Waals surface area (Å²) in [6.45, 7) is 2.14. The van der Waals surface area contributed by atoms with Crippen LogP contribution in [0.4, 0.5) is 5.95 Å². The molecule has 13 heavy (non-hydrogen) atoms. The van der Waals surface area contributed by atoms with E-state index in [1.54, 1.807) is 12.4 Å². The third-order valence-electron chi connectivity index (χ3n) is 2.09. The van der Waals surface area contributed by atoms with E-state index >= 15 is 0 Å².